The molecule has 4 aromatic rings. The van der Waals surface area contributed by atoms with Crippen molar-refractivity contribution < 1.29 is 0 Å². The molecular weight excluding hydrogens is 498 g/mol. The first-order chi connectivity index (χ1) is 14.4. The molecule has 0 saturated carbocycles. The van der Waals surface area contributed by atoms with Gasteiger partial charge in [-0.05, 0) is 0 Å². The predicted molar refractivity (Wildman–Crippen MR) is 123 cm³/mol. The van der Waals surface area contributed by atoms with Crippen LogP contribution in [0, 0.1) is 7.90 Å². The van der Waals surface area contributed by atoms with Gasteiger partial charge in [-0.1, -0.05) is 0 Å². The fourth-order valence-corrected chi connectivity index (χ4v) is 33.3. The SMILES string of the molecule is c1ccc2c(c1)N=c1ccccc1=[As]2S[As]1=c2ccccc2=Nc2ccccc21. The number of fused-ring (bicyclic) bond motifs is 4. The summed E-state index contributed by atoms with van der Waals surface area (Å²) in [4.78, 5) is 9.92. The summed E-state index contributed by atoms with van der Waals surface area (Å²) in [5.74, 6) is 0. The first-order valence-corrected chi connectivity index (χ1v) is 18.5. The predicted octanol–water partition coefficient (Wildman–Crippen LogP) is 3.11. The summed E-state index contributed by atoms with van der Waals surface area (Å²) in [5, 5.41) is 2.33. The molecule has 29 heavy (non-hydrogen) atoms. The van der Waals surface area contributed by atoms with E-state index in [0.29, 0.717) is 0 Å². The minimum absolute atomic E-state index is 1.16. The van der Waals surface area contributed by atoms with Gasteiger partial charge in [-0.25, -0.2) is 0 Å². The Morgan fingerprint density at radius 3 is 1.41 bits per heavy atom. The molecule has 2 aliphatic heterocycles. The summed E-state index contributed by atoms with van der Waals surface area (Å²) in [6, 6.07) is 35.0. The number of para-hydroxylation sites is 4. The number of benzene rings is 4. The van der Waals surface area contributed by atoms with Crippen LogP contribution in [0.1, 0.15) is 0 Å². The van der Waals surface area contributed by atoms with E-state index in [0.717, 1.165) is 22.1 Å². The molecule has 0 spiro atoms. The summed E-state index contributed by atoms with van der Waals surface area (Å²) in [6.45, 7) is 0. The van der Waals surface area contributed by atoms with Crippen LogP contribution in [0.3, 0.4) is 0 Å². The molecule has 5 heteroatoms. The van der Waals surface area contributed by atoms with Crippen LogP contribution >= 0.6 is 8.29 Å². The van der Waals surface area contributed by atoms with Gasteiger partial charge in [-0.2, -0.15) is 0 Å². The summed E-state index contributed by atoms with van der Waals surface area (Å²) in [7, 11) is 2.28. The summed E-state index contributed by atoms with van der Waals surface area (Å²) in [6.07, 6.45) is 0. The van der Waals surface area contributed by atoms with Crippen molar-refractivity contribution in [2.45, 2.75) is 0 Å². The van der Waals surface area contributed by atoms with Crippen molar-refractivity contribution in [3.05, 3.63) is 116 Å². The fraction of sp³-hybridized carbons (Fsp3) is 0. The maximum absolute atomic E-state index is 4.96. The molecule has 4 aromatic carbocycles. The molecule has 2 atom stereocenters. The molecule has 2 aliphatic rings. The van der Waals surface area contributed by atoms with Crippen LogP contribution < -0.4 is 19.4 Å². The van der Waals surface area contributed by atoms with Gasteiger partial charge in [0.15, 0.2) is 0 Å². The average Bonchev–Trinajstić information content (AvgIpc) is 2.78. The molecule has 2 unspecified atom stereocenters. The number of nitrogens with zero attached hydrogens (tertiary/aromatic N) is 2. The quantitative estimate of drug-likeness (QED) is 0.378. The van der Waals surface area contributed by atoms with E-state index in [9.17, 15) is 0 Å². The van der Waals surface area contributed by atoms with Crippen LogP contribution in [0.2, 0.25) is 0 Å². The van der Waals surface area contributed by atoms with Crippen molar-refractivity contribution in [2.24, 2.45) is 9.98 Å². The molecule has 0 amide bonds. The van der Waals surface area contributed by atoms with Gasteiger partial charge < -0.3 is 0 Å². The molecule has 0 aromatic heterocycles. The third-order valence-corrected chi connectivity index (χ3v) is 29.0. The normalized spacial score (nSPS) is 15.9. The Morgan fingerprint density at radius 1 is 0.483 bits per heavy atom. The van der Waals surface area contributed by atoms with Gasteiger partial charge in [0, 0.05) is 0 Å². The van der Waals surface area contributed by atoms with Gasteiger partial charge in [0.05, 0.1) is 0 Å². The van der Waals surface area contributed by atoms with Gasteiger partial charge in [0.1, 0.15) is 0 Å². The standard InChI is InChI=1S/C24H16As2N2S/c1-5-13-21-17(9-1)25(18-10-2-6-14-22(18)27-21)29-26-19-11-3-7-15-23(19)28-24-16-8-4-12-20(24)26/h1-16H. The van der Waals surface area contributed by atoms with E-state index in [2.05, 4.69) is 105 Å². The van der Waals surface area contributed by atoms with Crippen molar-refractivity contribution in [3.63, 3.8) is 0 Å². The second kappa shape index (κ2) is 7.33. The van der Waals surface area contributed by atoms with Crippen LogP contribution in [-0.4, -0.2) is 26.1 Å². The molecule has 2 radical (unpaired) electrons. The Kier molecular flexibility index (Phi) is 4.49. The Morgan fingerprint density at radius 2 is 0.897 bits per heavy atom. The Labute approximate surface area is 179 Å². The minimum atomic E-state index is -1.55. The van der Waals surface area contributed by atoms with Crippen LogP contribution in [0.5, 0.6) is 0 Å². The third-order valence-electron chi connectivity index (χ3n) is 5.05. The van der Waals surface area contributed by atoms with E-state index in [4.69, 9.17) is 9.98 Å². The zero-order valence-corrected chi connectivity index (χ0v) is 20.0. The molecule has 6 rings (SSSR count). The van der Waals surface area contributed by atoms with E-state index >= 15 is 0 Å². The Bertz CT molecular complexity index is 1430. The summed E-state index contributed by atoms with van der Waals surface area (Å²) < 4.78 is 5.87. The van der Waals surface area contributed by atoms with E-state index in [1.54, 1.807) is 0 Å². The average molecular weight is 514 g/mol. The van der Waals surface area contributed by atoms with Crippen LogP contribution in [0.25, 0.3) is 0 Å². The molecular formula is C24H16As2N2S. The first-order valence-electron chi connectivity index (χ1n) is 9.46. The molecule has 2 heterocycles. The Hall–Kier alpha value is -2.05. The molecule has 138 valence electrons. The van der Waals surface area contributed by atoms with Gasteiger partial charge in [-0.3, -0.25) is 0 Å². The molecule has 2 nitrogen and oxygen atoms in total. The summed E-state index contributed by atoms with van der Waals surface area (Å²) in [5.41, 5.74) is 2.33. The second-order valence-electron chi connectivity index (χ2n) is 6.85. The monoisotopic (exact) mass is 514 g/mol. The van der Waals surface area contributed by atoms with Gasteiger partial charge in [-0.15, -0.1) is 0 Å². The van der Waals surface area contributed by atoms with Crippen molar-refractivity contribution in [1.29, 1.82) is 0 Å². The molecule has 0 saturated heterocycles. The zero-order chi connectivity index (χ0) is 19.2. The number of rotatable bonds is 2. The third kappa shape index (κ3) is 3.04. The van der Waals surface area contributed by atoms with Crippen LogP contribution in [-0.2, 0) is 0 Å². The number of hydrogen-bond acceptors (Lipinski definition) is 3. The van der Waals surface area contributed by atoms with Crippen LogP contribution in [0.4, 0.5) is 11.4 Å². The van der Waals surface area contributed by atoms with Crippen LogP contribution in [0.15, 0.2) is 107 Å². The van der Waals surface area contributed by atoms with E-state index in [1.807, 2.05) is 0 Å². The molecule has 0 bridgehead atoms. The van der Waals surface area contributed by atoms with Crippen molar-refractivity contribution in [2.75, 3.05) is 0 Å². The molecule has 0 N–H and O–H groups in total. The van der Waals surface area contributed by atoms with Gasteiger partial charge in [0.2, 0.25) is 0 Å². The van der Waals surface area contributed by atoms with Gasteiger partial charge in [0.25, 0.3) is 0 Å². The van der Waals surface area contributed by atoms with Crippen molar-refractivity contribution in [1.82, 2.24) is 0 Å². The first kappa shape index (κ1) is 17.8. The number of hydrogen-bond donors (Lipinski definition) is 0. The maximum atomic E-state index is 4.96. The zero-order valence-electron chi connectivity index (χ0n) is 15.4. The molecule has 0 fully saturated rings. The summed E-state index contributed by atoms with van der Waals surface area (Å²) >= 11 is -3.11. The van der Waals surface area contributed by atoms with E-state index in [1.165, 1.54) is 16.6 Å². The van der Waals surface area contributed by atoms with Gasteiger partial charge >= 0.3 is 180 Å². The fourth-order valence-electron chi connectivity index (χ4n) is 3.70. The van der Waals surface area contributed by atoms with Crippen molar-refractivity contribution in [3.8, 4) is 0 Å². The van der Waals surface area contributed by atoms with E-state index in [-0.39, 0.29) is 0 Å². The Balaban J connectivity index is 1.69. The van der Waals surface area contributed by atoms with E-state index < -0.39 is 26.1 Å². The molecule has 0 aliphatic carbocycles. The topological polar surface area (TPSA) is 24.7 Å². The van der Waals surface area contributed by atoms with Crippen molar-refractivity contribution >= 4 is 54.5 Å². The second-order valence-corrected chi connectivity index (χ2v) is 23.7.